The van der Waals surface area contributed by atoms with E-state index in [0.29, 0.717) is 19.3 Å². The van der Waals surface area contributed by atoms with E-state index in [9.17, 15) is 19.2 Å². The smallest absolute Gasteiger partial charge is 0.328 e. The lowest BCUT2D eigenvalue weighted by Crippen LogP contribution is -2.47. The molecule has 0 saturated carbocycles. The van der Waals surface area contributed by atoms with Gasteiger partial charge in [0, 0.05) is 12.8 Å². The fraction of sp³-hybridized carbons (Fsp3) is 0.875. The minimum Gasteiger partial charge on any atom is -0.480 e. The van der Waals surface area contributed by atoms with Crippen molar-refractivity contribution in [2.24, 2.45) is 0 Å². The molecular weight excluding hydrogens is 717 g/mol. The van der Waals surface area contributed by atoms with E-state index in [1.165, 1.54) is 154 Å². The summed E-state index contributed by atoms with van der Waals surface area (Å²) in [6.07, 6.45) is 47.0. The summed E-state index contributed by atoms with van der Waals surface area (Å²) < 4.78 is 5.97. The largest absolute Gasteiger partial charge is 0.480 e. The summed E-state index contributed by atoms with van der Waals surface area (Å²) in [7, 11) is 0. The standard InChI is InChI=1S/C48H90N2O7/c1-3-5-7-9-11-13-14-15-16-17-18-19-20-21-22-24-26-32-36-40-47(54)57-43(37-33-29-25-23-12-10-8-6-4-2)38-34-30-27-28-31-35-39-45(52)49-41-46(53)50-44(42-51)48(55)56/h33,37,43-44,51H,3-32,34-36,38-42H2,1-2H3,(H,49,52)(H,50,53)(H,55,56)/b37-33-. The van der Waals surface area contributed by atoms with Crippen molar-refractivity contribution in [3.63, 3.8) is 0 Å². The summed E-state index contributed by atoms with van der Waals surface area (Å²) in [5.74, 6) is -2.31. The van der Waals surface area contributed by atoms with Crippen LogP contribution in [-0.4, -0.2) is 59.3 Å². The molecular formula is C48H90N2O7. The van der Waals surface area contributed by atoms with Crippen LogP contribution in [0.15, 0.2) is 12.2 Å². The Hall–Kier alpha value is -2.42. The van der Waals surface area contributed by atoms with E-state index in [-0.39, 0.29) is 24.5 Å². The van der Waals surface area contributed by atoms with Gasteiger partial charge in [-0.3, -0.25) is 14.4 Å². The Morgan fingerprint density at radius 3 is 1.37 bits per heavy atom. The van der Waals surface area contributed by atoms with Gasteiger partial charge in [0.05, 0.1) is 13.2 Å². The fourth-order valence-corrected chi connectivity index (χ4v) is 7.27. The number of esters is 1. The van der Waals surface area contributed by atoms with E-state index in [0.717, 1.165) is 57.8 Å². The molecule has 0 aliphatic heterocycles. The maximum Gasteiger partial charge on any atom is 0.328 e. The first kappa shape index (κ1) is 54.6. The van der Waals surface area contributed by atoms with Gasteiger partial charge in [-0.05, 0) is 44.6 Å². The average Bonchev–Trinajstić information content (AvgIpc) is 3.20. The second-order valence-electron chi connectivity index (χ2n) is 16.6. The molecule has 4 N–H and O–H groups in total. The number of amides is 2. The van der Waals surface area contributed by atoms with Gasteiger partial charge in [-0.2, -0.15) is 0 Å². The van der Waals surface area contributed by atoms with E-state index >= 15 is 0 Å². The molecule has 0 saturated heterocycles. The van der Waals surface area contributed by atoms with Crippen molar-refractivity contribution in [3.8, 4) is 0 Å². The number of rotatable bonds is 44. The highest BCUT2D eigenvalue weighted by Gasteiger charge is 2.18. The molecule has 0 aliphatic carbocycles. The third kappa shape index (κ3) is 40.2. The van der Waals surface area contributed by atoms with Crippen molar-refractivity contribution in [1.82, 2.24) is 10.6 Å². The maximum absolute atomic E-state index is 12.8. The number of aliphatic hydroxyl groups is 1. The predicted molar refractivity (Wildman–Crippen MR) is 236 cm³/mol. The van der Waals surface area contributed by atoms with Gasteiger partial charge in [-0.25, -0.2) is 4.79 Å². The number of aliphatic carboxylic acids is 1. The third-order valence-corrected chi connectivity index (χ3v) is 11.0. The van der Waals surface area contributed by atoms with E-state index in [1.807, 2.05) is 0 Å². The van der Waals surface area contributed by atoms with Crippen molar-refractivity contribution in [1.29, 1.82) is 0 Å². The number of hydrogen-bond acceptors (Lipinski definition) is 6. The molecule has 0 bridgehead atoms. The molecule has 2 atom stereocenters. The Balaban J connectivity index is 4.15. The Morgan fingerprint density at radius 1 is 0.526 bits per heavy atom. The summed E-state index contributed by atoms with van der Waals surface area (Å²) in [5, 5.41) is 22.5. The van der Waals surface area contributed by atoms with E-state index in [1.54, 1.807) is 0 Å². The average molecular weight is 807 g/mol. The number of aliphatic hydroxyl groups excluding tert-OH is 1. The van der Waals surface area contributed by atoms with Crippen molar-refractivity contribution < 1.29 is 34.1 Å². The molecule has 0 aliphatic rings. The summed E-state index contributed by atoms with van der Waals surface area (Å²) in [6.45, 7) is 3.50. The van der Waals surface area contributed by atoms with E-state index in [4.69, 9.17) is 14.9 Å². The van der Waals surface area contributed by atoms with Crippen LogP contribution in [0.2, 0.25) is 0 Å². The van der Waals surface area contributed by atoms with Gasteiger partial charge in [0.2, 0.25) is 11.8 Å². The van der Waals surface area contributed by atoms with Crippen LogP contribution in [0.25, 0.3) is 0 Å². The Bertz CT molecular complexity index is 972. The number of ether oxygens (including phenoxy) is 1. The molecule has 0 rings (SSSR count). The molecule has 0 spiro atoms. The van der Waals surface area contributed by atoms with Crippen LogP contribution in [0, 0.1) is 0 Å². The maximum atomic E-state index is 12.8. The monoisotopic (exact) mass is 807 g/mol. The summed E-state index contributed by atoms with van der Waals surface area (Å²) in [6, 6.07) is -1.38. The molecule has 2 amide bonds. The first-order valence-corrected chi connectivity index (χ1v) is 24.1. The fourth-order valence-electron chi connectivity index (χ4n) is 7.27. The van der Waals surface area contributed by atoms with Gasteiger partial charge in [0.15, 0.2) is 0 Å². The predicted octanol–water partition coefficient (Wildman–Crippen LogP) is 12.2. The van der Waals surface area contributed by atoms with Gasteiger partial charge < -0.3 is 25.6 Å². The second kappa shape index (κ2) is 43.2. The van der Waals surface area contributed by atoms with Crippen molar-refractivity contribution >= 4 is 23.8 Å². The summed E-state index contributed by atoms with van der Waals surface area (Å²) >= 11 is 0. The molecule has 57 heavy (non-hydrogen) atoms. The minimum absolute atomic E-state index is 0.0709. The number of carboxylic acids is 1. The van der Waals surface area contributed by atoms with Crippen LogP contribution in [0.5, 0.6) is 0 Å². The van der Waals surface area contributed by atoms with Gasteiger partial charge in [-0.1, -0.05) is 200 Å². The zero-order chi connectivity index (χ0) is 41.9. The number of carbonyl (C=O) groups excluding carboxylic acids is 3. The highest BCUT2D eigenvalue weighted by atomic mass is 16.5. The van der Waals surface area contributed by atoms with Gasteiger partial charge in [0.1, 0.15) is 12.1 Å². The first-order chi connectivity index (χ1) is 27.8. The second-order valence-corrected chi connectivity index (χ2v) is 16.6. The third-order valence-electron chi connectivity index (χ3n) is 11.0. The number of unbranched alkanes of at least 4 members (excludes halogenated alkanes) is 30. The van der Waals surface area contributed by atoms with Gasteiger partial charge in [-0.15, -0.1) is 0 Å². The quantitative estimate of drug-likeness (QED) is 0.0273. The lowest BCUT2D eigenvalue weighted by Gasteiger charge is -2.15. The number of hydrogen-bond donors (Lipinski definition) is 4. The lowest BCUT2D eigenvalue weighted by atomic mass is 10.0. The number of allylic oxidation sites excluding steroid dienone is 1. The minimum atomic E-state index is -1.38. The number of carbonyl (C=O) groups is 4. The van der Waals surface area contributed by atoms with Crippen LogP contribution >= 0.6 is 0 Å². The first-order valence-electron chi connectivity index (χ1n) is 24.1. The summed E-state index contributed by atoms with van der Waals surface area (Å²) in [5.41, 5.74) is 0. The molecule has 0 fully saturated rings. The number of carboxylic acid groups (broad SMARTS) is 1. The van der Waals surface area contributed by atoms with Gasteiger partial charge >= 0.3 is 11.9 Å². The van der Waals surface area contributed by atoms with Gasteiger partial charge in [0.25, 0.3) is 0 Å². The molecule has 9 nitrogen and oxygen atoms in total. The lowest BCUT2D eigenvalue weighted by molar-refractivity contribution is -0.147. The SMILES string of the molecule is CCCCCCCCC/C=C\C(CCCCCCCCC(=O)NCC(=O)NC(CO)C(=O)O)OC(=O)CCCCCCCCCCCCCCCCCCCCC. The molecule has 0 aromatic heterocycles. The van der Waals surface area contributed by atoms with Crippen LogP contribution < -0.4 is 10.6 Å². The topological polar surface area (TPSA) is 142 Å². The molecule has 2 unspecified atom stereocenters. The van der Waals surface area contributed by atoms with Crippen molar-refractivity contribution in [2.75, 3.05) is 13.2 Å². The molecule has 334 valence electrons. The van der Waals surface area contributed by atoms with Crippen LogP contribution in [0.1, 0.15) is 245 Å². The van der Waals surface area contributed by atoms with Crippen LogP contribution in [0.3, 0.4) is 0 Å². The normalized spacial score (nSPS) is 12.5. The summed E-state index contributed by atoms with van der Waals surface area (Å²) in [4.78, 5) is 47.5. The Labute approximate surface area is 350 Å². The zero-order valence-corrected chi connectivity index (χ0v) is 37.1. The molecule has 0 heterocycles. The van der Waals surface area contributed by atoms with E-state index in [2.05, 4.69) is 36.6 Å². The highest BCUT2D eigenvalue weighted by Crippen LogP contribution is 2.17. The highest BCUT2D eigenvalue weighted by molar-refractivity contribution is 5.87. The van der Waals surface area contributed by atoms with Crippen LogP contribution in [0.4, 0.5) is 0 Å². The molecule has 9 heteroatoms. The zero-order valence-electron chi connectivity index (χ0n) is 37.1. The van der Waals surface area contributed by atoms with Crippen LogP contribution in [-0.2, 0) is 23.9 Å². The van der Waals surface area contributed by atoms with Crippen molar-refractivity contribution in [2.45, 2.75) is 257 Å². The molecule has 0 radical (unpaired) electrons. The molecule has 0 aromatic rings. The molecule has 0 aromatic carbocycles. The number of nitrogens with one attached hydrogen (secondary N) is 2. The Morgan fingerprint density at radius 2 is 0.930 bits per heavy atom. The van der Waals surface area contributed by atoms with E-state index < -0.39 is 24.5 Å². The van der Waals surface area contributed by atoms with Crippen molar-refractivity contribution in [3.05, 3.63) is 12.2 Å². The Kier molecular flexibility index (Phi) is 41.3.